The third kappa shape index (κ3) is 2.87. The maximum atomic E-state index is 13.1. The van der Waals surface area contributed by atoms with E-state index in [2.05, 4.69) is 4.72 Å². The van der Waals surface area contributed by atoms with Crippen LogP contribution in [0.1, 0.15) is 0 Å². The molecule has 1 heterocycles. The molecule has 1 aromatic carbocycles. The molecule has 1 aromatic heterocycles. The minimum Gasteiger partial charge on any atom is -0.494 e. The summed E-state index contributed by atoms with van der Waals surface area (Å²) in [7, 11) is -2.67. The van der Waals surface area contributed by atoms with Gasteiger partial charge in [0.15, 0.2) is 15.8 Å². The van der Waals surface area contributed by atoms with Crippen molar-refractivity contribution in [2.24, 2.45) is 0 Å². The lowest BCUT2D eigenvalue weighted by molar-refractivity contribution is 0.406. The Balaban J connectivity index is 2.41. The van der Waals surface area contributed by atoms with Crippen LogP contribution in [0.15, 0.2) is 27.8 Å². The SMILES string of the molecule is COc1ccsc1S(=O)(=O)Nc1cc(F)c(F)cc1Cl. The number of methoxy groups -OCH3 is 1. The molecule has 0 aliphatic rings. The van der Waals surface area contributed by atoms with Crippen molar-refractivity contribution in [2.75, 3.05) is 11.8 Å². The molecule has 0 amide bonds. The first-order chi connectivity index (χ1) is 9.35. The average molecular weight is 340 g/mol. The van der Waals surface area contributed by atoms with Crippen molar-refractivity contribution in [2.45, 2.75) is 4.21 Å². The highest BCUT2D eigenvalue weighted by Crippen LogP contribution is 2.33. The first-order valence-corrected chi connectivity index (χ1v) is 7.88. The Labute approximate surface area is 123 Å². The van der Waals surface area contributed by atoms with Gasteiger partial charge in [0.25, 0.3) is 10.0 Å². The average Bonchev–Trinajstić information content (AvgIpc) is 2.84. The lowest BCUT2D eigenvalue weighted by Gasteiger charge is -2.10. The van der Waals surface area contributed by atoms with E-state index in [4.69, 9.17) is 16.3 Å². The van der Waals surface area contributed by atoms with Gasteiger partial charge in [-0.05, 0) is 17.5 Å². The Morgan fingerprint density at radius 2 is 1.95 bits per heavy atom. The fraction of sp³-hybridized carbons (Fsp3) is 0.0909. The standard InChI is InChI=1S/C11H8ClF2NO3S2/c1-18-10-2-3-19-11(10)20(16,17)15-9-5-8(14)7(13)4-6(9)12/h2-5,15H,1H3. The fourth-order valence-corrected chi connectivity index (χ4v) is 4.02. The summed E-state index contributed by atoms with van der Waals surface area (Å²) >= 11 is 6.61. The van der Waals surface area contributed by atoms with E-state index >= 15 is 0 Å². The lowest BCUT2D eigenvalue weighted by atomic mass is 10.3. The Kier molecular flexibility index (Phi) is 4.17. The molecule has 0 aliphatic carbocycles. The summed E-state index contributed by atoms with van der Waals surface area (Å²) in [5.41, 5.74) is -0.249. The van der Waals surface area contributed by atoms with Crippen LogP contribution in [0.5, 0.6) is 5.75 Å². The van der Waals surface area contributed by atoms with Gasteiger partial charge in [-0.25, -0.2) is 17.2 Å². The van der Waals surface area contributed by atoms with Crippen LogP contribution in [-0.4, -0.2) is 15.5 Å². The van der Waals surface area contributed by atoms with E-state index in [0.29, 0.717) is 12.1 Å². The lowest BCUT2D eigenvalue weighted by Crippen LogP contribution is -2.13. The Hall–Kier alpha value is -1.38. The molecule has 4 nitrogen and oxygen atoms in total. The van der Waals surface area contributed by atoms with E-state index in [9.17, 15) is 17.2 Å². The zero-order valence-corrected chi connectivity index (χ0v) is 12.4. The Bertz CT molecular complexity index is 746. The number of rotatable bonds is 4. The van der Waals surface area contributed by atoms with Crippen molar-refractivity contribution in [3.8, 4) is 5.75 Å². The van der Waals surface area contributed by atoms with Crippen LogP contribution in [0.2, 0.25) is 5.02 Å². The summed E-state index contributed by atoms with van der Waals surface area (Å²) in [5, 5.41) is 1.28. The molecule has 0 atom stereocenters. The van der Waals surface area contributed by atoms with Gasteiger partial charge >= 0.3 is 0 Å². The largest absolute Gasteiger partial charge is 0.494 e. The molecule has 0 fully saturated rings. The molecule has 0 aliphatic heterocycles. The fourth-order valence-electron chi connectivity index (χ4n) is 1.42. The van der Waals surface area contributed by atoms with Crippen LogP contribution in [0.3, 0.4) is 0 Å². The molecule has 2 aromatic rings. The third-order valence-corrected chi connectivity index (χ3v) is 5.44. The molecule has 9 heteroatoms. The van der Waals surface area contributed by atoms with Gasteiger partial charge in [0.05, 0.1) is 17.8 Å². The number of thiophene rings is 1. The van der Waals surface area contributed by atoms with Crippen molar-refractivity contribution in [1.29, 1.82) is 0 Å². The molecule has 0 bridgehead atoms. The molecule has 0 radical (unpaired) electrons. The maximum absolute atomic E-state index is 13.1. The second-order valence-electron chi connectivity index (χ2n) is 3.63. The van der Waals surface area contributed by atoms with Crippen LogP contribution in [0.25, 0.3) is 0 Å². The number of hydrogen-bond donors (Lipinski definition) is 1. The second kappa shape index (κ2) is 5.55. The van der Waals surface area contributed by atoms with Crippen molar-refractivity contribution >= 4 is 38.6 Å². The molecular formula is C11H8ClF2NO3S2. The second-order valence-corrected chi connectivity index (χ2v) is 6.83. The number of halogens is 3. The van der Waals surface area contributed by atoms with Gasteiger partial charge in [-0.1, -0.05) is 11.6 Å². The quantitative estimate of drug-likeness (QED) is 0.867. The molecule has 1 N–H and O–H groups in total. The first-order valence-electron chi connectivity index (χ1n) is 5.14. The zero-order chi connectivity index (χ0) is 14.9. The van der Waals surface area contributed by atoms with E-state index in [1.807, 2.05) is 0 Å². The van der Waals surface area contributed by atoms with Gasteiger partial charge in [-0.15, -0.1) is 11.3 Å². The molecule has 0 saturated carbocycles. The number of nitrogens with one attached hydrogen (secondary N) is 1. The van der Waals surface area contributed by atoms with Crippen molar-refractivity contribution in [1.82, 2.24) is 0 Å². The number of benzene rings is 1. The van der Waals surface area contributed by atoms with Crippen molar-refractivity contribution in [3.05, 3.63) is 40.2 Å². The summed E-state index contributed by atoms with van der Waals surface area (Å²) in [6.45, 7) is 0. The Morgan fingerprint density at radius 3 is 2.60 bits per heavy atom. The summed E-state index contributed by atoms with van der Waals surface area (Å²) in [6, 6.07) is 2.85. The number of hydrogen-bond acceptors (Lipinski definition) is 4. The summed E-state index contributed by atoms with van der Waals surface area (Å²) in [5.74, 6) is -2.21. The van der Waals surface area contributed by atoms with Gasteiger partial charge in [0.1, 0.15) is 5.75 Å². The zero-order valence-electron chi connectivity index (χ0n) is 9.98. The van der Waals surface area contributed by atoms with E-state index in [1.165, 1.54) is 18.6 Å². The van der Waals surface area contributed by atoms with Crippen LogP contribution >= 0.6 is 22.9 Å². The maximum Gasteiger partial charge on any atom is 0.275 e. The molecule has 20 heavy (non-hydrogen) atoms. The minimum atomic E-state index is -3.99. The normalized spacial score (nSPS) is 11.4. The molecule has 108 valence electrons. The topological polar surface area (TPSA) is 55.4 Å². The predicted molar refractivity (Wildman–Crippen MR) is 73.0 cm³/mol. The summed E-state index contributed by atoms with van der Waals surface area (Å²) in [4.78, 5) is 0. The van der Waals surface area contributed by atoms with E-state index in [-0.39, 0.29) is 20.7 Å². The van der Waals surface area contributed by atoms with Gasteiger partial charge in [0, 0.05) is 6.07 Å². The van der Waals surface area contributed by atoms with Crippen molar-refractivity contribution < 1.29 is 21.9 Å². The molecular weight excluding hydrogens is 332 g/mol. The number of anilines is 1. The van der Waals surface area contributed by atoms with Gasteiger partial charge in [0.2, 0.25) is 0 Å². The third-order valence-electron chi connectivity index (χ3n) is 2.31. The molecule has 0 saturated heterocycles. The smallest absolute Gasteiger partial charge is 0.275 e. The minimum absolute atomic E-state index is 0.0826. The summed E-state index contributed by atoms with van der Waals surface area (Å²) in [6.07, 6.45) is 0. The molecule has 2 rings (SSSR count). The Morgan fingerprint density at radius 1 is 1.30 bits per heavy atom. The van der Waals surface area contributed by atoms with E-state index in [0.717, 1.165) is 11.3 Å². The van der Waals surface area contributed by atoms with Crippen LogP contribution in [0, 0.1) is 11.6 Å². The van der Waals surface area contributed by atoms with Gasteiger partial charge in [-0.2, -0.15) is 0 Å². The first kappa shape index (κ1) is 15.0. The number of sulfonamides is 1. The highest BCUT2D eigenvalue weighted by molar-refractivity contribution is 7.94. The molecule has 0 spiro atoms. The van der Waals surface area contributed by atoms with Crippen LogP contribution in [0.4, 0.5) is 14.5 Å². The van der Waals surface area contributed by atoms with Crippen molar-refractivity contribution in [3.63, 3.8) is 0 Å². The van der Waals surface area contributed by atoms with Gasteiger partial charge in [-0.3, -0.25) is 4.72 Å². The van der Waals surface area contributed by atoms with Crippen LogP contribution < -0.4 is 9.46 Å². The highest BCUT2D eigenvalue weighted by atomic mass is 35.5. The van der Waals surface area contributed by atoms with Gasteiger partial charge < -0.3 is 4.74 Å². The predicted octanol–water partition coefficient (Wildman–Crippen LogP) is 3.49. The highest BCUT2D eigenvalue weighted by Gasteiger charge is 2.23. The van der Waals surface area contributed by atoms with Crippen LogP contribution in [-0.2, 0) is 10.0 Å². The molecule has 0 unspecified atom stereocenters. The van der Waals surface area contributed by atoms with E-state index in [1.54, 1.807) is 0 Å². The monoisotopic (exact) mass is 339 g/mol. The summed E-state index contributed by atoms with van der Waals surface area (Å²) < 4.78 is 57.3. The van der Waals surface area contributed by atoms with E-state index < -0.39 is 21.7 Å². The number of ether oxygens (including phenoxy) is 1.